The van der Waals surface area contributed by atoms with Crippen molar-refractivity contribution in [3.8, 4) is 11.5 Å². The van der Waals surface area contributed by atoms with Gasteiger partial charge in [0.1, 0.15) is 6.61 Å². The fraction of sp³-hybridized carbons (Fsp3) is 0.444. The van der Waals surface area contributed by atoms with Crippen molar-refractivity contribution in [3.05, 3.63) is 46.2 Å². The molecule has 22 heavy (non-hydrogen) atoms. The van der Waals surface area contributed by atoms with Crippen molar-refractivity contribution in [3.63, 3.8) is 0 Å². The van der Waals surface area contributed by atoms with Crippen molar-refractivity contribution in [2.45, 2.75) is 25.8 Å². The number of rotatable bonds is 6. The van der Waals surface area contributed by atoms with E-state index in [2.05, 4.69) is 24.0 Å². The Morgan fingerprint density at radius 3 is 2.73 bits per heavy atom. The Labute approximate surface area is 136 Å². The number of aryl methyl sites for hydroxylation is 1. The Hall–Kier alpha value is -1.52. The van der Waals surface area contributed by atoms with Gasteiger partial charge in [-0.1, -0.05) is 12.1 Å². The van der Waals surface area contributed by atoms with Crippen molar-refractivity contribution in [2.75, 3.05) is 26.8 Å². The topological polar surface area (TPSA) is 21.7 Å². The highest BCUT2D eigenvalue weighted by Crippen LogP contribution is 2.35. The standard InChI is InChI=1S/C18H23NO2S/c1-14-9-10-18(22-14)15-6-5-11-19(15)12-13-21-17-8-4-3-7-16(17)20-2/h3-4,7-10,15H,5-6,11-13H2,1-2H3. The third kappa shape index (κ3) is 3.45. The van der Waals surface area contributed by atoms with Gasteiger partial charge in [0.15, 0.2) is 11.5 Å². The first kappa shape index (κ1) is 15.4. The summed E-state index contributed by atoms with van der Waals surface area (Å²) in [7, 11) is 1.68. The molecule has 0 amide bonds. The Bertz CT molecular complexity index is 611. The third-order valence-electron chi connectivity index (χ3n) is 4.16. The molecule has 2 heterocycles. The van der Waals surface area contributed by atoms with Gasteiger partial charge in [-0.3, -0.25) is 4.90 Å². The lowest BCUT2D eigenvalue weighted by Crippen LogP contribution is -2.27. The minimum atomic E-state index is 0.569. The fourth-order valence-corrected chi connectivity index (χ4v) is 4.11. The average molecular weight is 317 g/mol. The van der Waals surface area contributed by atoms with E-state index >= 15 is 0 Å². The van der Waals surface area contributed by atoms with Crippen LogP contribution in [0.3, 0.4) is 0 Å². The monoisotopic (exact) mass is 317 g/mol. The molecular formula is C18H23NO2S. The van der Waals surface area contributed by atoms with Crippen molar-refractivity contribution < 1.29 is 9.47 Å². The second-order valence-electron chi connectivity index (χ2n) is 5.64. The zero-order valence-electron chi connectivity index (χ0n) is 13.2. The number of methoxy groups -OCH3 is 1. The molecule has 0 radical (unpaired) electrons. The molecule has 0 bridgehead atoms. The summed E-state index contributed by atoms with van der Waals surface area (Å²) in [6, 6.07) is 12.9. The highest BCUT2D eigenvalue weighted by atomic mass is 32.1. The lowest BCUT2D eigenvalue weighted by atomic mass is 10.2. The average Bonchev–Trinajstić information content (AvgIpc) is 3.16. The van der Waals surface area contributed by atoms with Crippen LogP contribution < -0.4 is 9.47 Å². The maximum absolute atomic E-state index is 5.92. The maximum Gasteiger partial charge on any atom is 0.161 e. The summed E-state index contributed by atoms with van der Waals surface area (Å²) in [5, 5.41) is 0. The first-order chi connectivity index (χ1) is 10.8. The maximum atomic E-state index is 5.92. The van der Waals surface area contributed by atoms with Crippen LogP contribution in [0.2, 0.25) is 0 Å². The highest BCUT2D eigenvalue weighted by Gasteiger charge is 2.26. The minimum absolute atomic E-state index is 0.569. The van der Waals surface area contributed by atoms with Gasteiger partial charge in [0, 0.05) is 22.3 Å². The van der Waals surface area contributed by atoms with Gasteiger partial charge in [0.2, 0.25) is 0 Å². The summed E-state index contributed by atoms with van der Waals surface area (Å²) in [6.07, 6.45) is 2.53. The highest BCUT2D eigenvalue weighted by molar-refractivity contribution is 7.12. The van der Waals surface area contributed by atoms with E-state index < -0.39 is 0 Å². The molecule has 1 aliphatic heterocycles. The number of nitrogens with zero attached hydrogens (tertiary/aromatic N) is 1. The summed E-state index contributed by atoms with van der Waals surface area (Å²) in [5.74, 6) is 1.63. The predicted octanol–water partition coefficient (Wildman–Crippen LogP) is 4.28. The van der Waals surface area contributed by atoms with Crippen LogP contribution in [0.4, 0.5) is 0 Å². The first-order valence-corrected chi connectivity index (χ1v) is 8.66. The Morgan fingerprint density at radius 2 is 2.00 bits per heavy atom. The van der Waals surface area contributed by atoms with Gasteiger partial charge in [0.05, 0.1) is 7.11 Å². The van der Waals surface area contributed by atoms with Crippen LogP contribution in [0, 0.1) is 6.92 Å². The Balaban J connectivity index is 1.56. The molecule has 1 unspecified atom stereocenters. The smallest absolute Gasteiger partial charge is 0.161 e. The largest absolute Gasteiger partial charge is 0.493 e. The molecule has 0 saturated carbocycles. The third-order valence-corrected chi connectivity index (χ3v) is 5.26. The van der Waals surface area contributed by atoms with Crippen LogP contribution in [-0.2, 0) is 0 Å². The SMILES string of the molecule is COc1ccccc1OCCN1CCCC1c1ccc(C)s1. The van der Waals surface area contributed by atoms with Crippen molar-refractivity contribution in [1.82, 2.24) is 4.90 Å². The zero-order valence-corrected chi connectivity index (χ0v) is 14.1. The molecule has 4 heteroatoms. The molecule has 3 rings (SSSR count). The zero-order chi connectivity index (χ0) is 15.4. The summed E-state index contributed by atoms with van der Waals surface area (Å²) in [6.45, 7) is 5.00. The molecule has 1 aromatic carbocycles. The van der Waals surface area contributed by atoms with Gasteiger partial charge in [-0.25, -0.2) is 0 Å². The van der Waals surface area contributed by atoms with E-state index in [4.69, 9.17) is 9.47 Å². The second kappa shape index (κ2) is 7.16. The predicted molar refractivity (Wildman–Crippen MR) is 91.1 cm³/mol. The normalized spacial score (nSPS) is 18.5. The number of thiophene rings is 1. The van der Waals surface area contributed by atoms with Gasteiger partial charge in [0.25, 0.3) is 0 Å². The van der Waals surface area contributed by atoms with Gasteiger partial charge in [-0.05, 0) is 50.6 Å². The number of likely N-dealkylation sites (tertiary alicyclic amines) is 1. The molecular weight excluding hydrogens is 294 g/mol. The molecule has 1 aromatic heterocycles. The summed E-state index contributed by atoms with van der Waals surface area (Å²) >= 11 is 1.92. The second-order valence-corrected chi connectivity index (χ2v) is 6.96. The number of ether oxygens (including phenoxy) is 2. The van der Waals surface area contributed by atoms with Crippen LogP contribution in [0.1, 0.15) is 28.6 Å². The van der Waals surface area contributed by atoms with E-state index in [1.54, 1.807) is 7.11 Å². The van der Waals surface area contributed by atoms with E-state index in [1.165, 1.54) is 22.6 Å². The minimum Gasteiger partial charge on any atom is -0.493 e. The molecule has 1 aliphatic rings. The van der Waals surface area contributed by atoms with Crippen LogP contribution in [0.25, 0.3) is 0 Å². The lowest BCUT2D eigenvalue weighted by molar-refractivity contribution is 0.195. The van der Waals surface area contributed by atoms with E-state index in [9.17, 15) is 0 Å². The Kier molecular flexibility index (Phi) is 5.01. The Morgan fingerprint density at radius 1 is 1.18 bits per heavy atom. The number of para-hydroxylation sites is 2. The van der Waals surface area contributed by atoms with Crippen LogP contribution >= 0.6 is 11.3 Å². The van der Waals surface area contributed by atoms with Crippen LogP contribution in [0.5, 0.6) is 11.5 Å². The lowest BCUT2D eigenvalue weighted by Gasteiger charge is -2.23. The molecule has 0 N–H and O–H groups in total. The number of hydrogen-bond acceptors (Lipinski definition) is 4. The van der Waals surface area contributed by atoms with E-state index in [0.29, 0.717) is 12.6 Å². The van der Waals surface area contributed by atoms with Gasteiger partial charge in [-0.2, -0.15) is 0 Å². The summed E-state index contributed by atoms with van der Waals surface area (Å²) in [4.78, 5) is 5.43. The molecule has 118 valence electrons. The van der Waals surface area contributed by atoms with Gasteiger partial charge >= 0.3 is 0 Å². The number of hydrogen-bond donors (Lipinski definition) is 0. The van der Waals surface area contributed by atoms with E-state index in [1.807, 2.05) is 35.6 Å². The number of benzene rings is 1. The molecule has 1 saturated heterocycles. The van der Waals surface area contributed by atoms with Crippen molar-refractivity contribution in [2.24, 2.45) is 0 Å². The molecule has 1 atom stereocenters. The van der Waals surface area contributed by atoms with Crippen molar-refractivity contribution >= 4 is 11.3 Å². The van der Waals surface area contributed by atoms with Crippen molar-refractivity contribution in [1.29, 1.82) is 0 Å². The quantitative estimate of drug-likeness (QED) is 0.793. The first-order valence-electron chi connectivity index (χ1n) is 7.84. The molecule has 0 aliphatic carbocycles. The van der Waals surface area contributed by atoms with Gasteiger partial charge in [-0.15, -0.1) is 11.3 Å². The van der Waals surface area contributed by atoms with E-state index in [0.717, 1.165) is 24.6 Å². The summed E-state index contributed by atoms with van der Waals surface area (Å²) in [5.41, 5.74) is 0. The van der Waals surface area contributed by atoms with Crippen LogP contribution in [0.15, 0.2) is 36.4 Å². The van der Waals surface area contributed by atoms with Gasteiger partial charge < -0.3 is 9.47 Å². The fourth-order valence-electron chi connectivity index (χ4n) is 3.06. The molecule has 1 fully saturated rings. The molecule has 2 aromatic rings. The molecule has 3 nitrogen and oxygen atoms in total. The summed E-state index contributed by atoms with van der Waals surface area (Å²) < 4.78 is 11.2. The van der Waals surface area contributed by atoms with Crippen LogP contribution in [-0.4, -0.2) is 31.7 Å². The molecule has 0 spiro atoms. The van der Waals surface area contributed by atoms with E-state index in [-0.39, 0.29) is 0 Å².